The minimum Gasteiger partial charge on any atom is -0.382 e. The first kappa shape index (κ1) is 17.8. The lowest BCUT2D eigenvalue weighted by Gasteiger charge is -2.20. The summed E-state index contributed by atoms with van der Waals surface area (Å²) in [4.78, 5) is 0. The van der Waals surface area contributed by atoms with Gasteiger partial charge in [-0.15, -0.1) is 0 Å². The molecule has 20 heavy (non-hydrogen) atoms. The average molecular weight is 309 g/mol. The summed E-state index contributed by atoms with van der Waals surface area (Å²) in [6.45, 7) is 3.38. The molecule has 0 aromatic carbocycles. The molecule has 2 atom stereocenters. The molecule has 2 N–H and O–H groups in total. The van der Waals surface area contributed by atoms with E-state index in [1.54, 1.807) is 7.11 Å². The predicted molar refractivity (Wildman–Crippen MR) is 77.4 cm³/mol. The molecule has 1 fully saturated rings. The van der Waals surface area contributed by atoms with Crippen molar-refractivity contribution in [1.82, 2.24) is 0 Å². The largest absolute Gasteiger partial charge is 0.382 e. The van der Waals surface area contributed by atoms with Crippen LogP contribution < -0.4 is 5.73 Å². The normalized spacial score (nSPS) is 23.0. The van der Waals surface area contributed by atoms with E-state index in [9.17, 15) is 8.42 Å². The molecule has 2 unspecified atom stereocenters. The number of hydrogen-bond donors (Lipinski definition) is 1. The SMILES string of the molecule is COCCOCCOCCC(CN)C1CCS(=O)(=O)C1. The second-order valence-electron chi connectivity index (χ2n) is 5.17. The van der Waals surface area contributed by atoms with E-state index in [0.29, 0.717) is 45.3 Å². The first-order valence-corrected chi connectivity index (χ1v) is 8.96. The van der Waals surface area contributed by atoms with E-state index in [4.69, 9.17) is 19.9 Å². The van der Waals surface area contributed by atoms with Gasteiger partial charge in [-0.25, -0.2) is 8.42 Å². The molecule has 0 saturated carbocycles. The summed E-state index contributed by atoms with van der Waals surface area (Å²) in [5.41, 5.74) is 5.75. The summed E-state index contributed by atoms with van der Waals surface area (Å²) < 4.78 is 38.6. The maximum Gasteiger partial charge on any atom is 0.150 e. The first-order valence-electron chi connectivity index (χ1n) is 7.14. The molecular formula is C13H27NO5S. The van der Waals surface area contributed by atoms with Crippen molar-refractivity contribution in [3.63, 3.8) is 0 Å². The molecule has 0 aromatic rings. The number of nitrogens with two attached hydrogens (primary N) is 1. The van der Waals surface area contributed by atoms with E-state index >= 15 is 0 Å². The number of hydrogen-bond acceptors (Lipinski definition) is 6. The van der Waals surface area contributed by atoms with Crippen molar-refractivity contribution in [2.75, 3.05) is 58.2 Å². The smallest absolute Gasteiger partial charge is 0.150 e. The van der Waals surface area contributed by atoms with Gasteiger partial charge in [0.25, 0.3) is 0 Å². The number of rotatable bonds is 11. The highest BCUT2D eigenvalue weighted by atomic mass is 32.2. The molecule has 1 rings (SSSR count). The van der Waals surface area contributed by atoms with Crippen LogP contribution in [0.3, 0.4) is 0 Å². The molecule has 1 aliphatic heterocycles. The van der Waals surface area contributed by atoms with Crippen LogP contribution >= 0.6 is 0 Å². The van der Waals surface area contributed by atoms with Crippen LogP contribution in [0.25, 0.3) is 0 Å². The highest BCUT2D eigenvalue weighted by Gasteiger charge is 2.32. The highest BCUT2D eigenvalue weighted by Crippen LogP contribution is 2.27. The van der Waals surface area contributed by atoms with Crippen molar-refractivity contribution in [2.24, 2.45) is 17.6 Å². The molecule has 0 aromatic heterocycles. The third kappa shape index (κ3) is 6.99. The standard InChI is InChI=1S/C13H27NO5S/c1-17-5-6-19-8-7-18-4-2-12(10-14)13-3-9-20(15,16)11-13/h12-13H,2-11,14H2,1H3. The molecule has 1 saturated heterocycles. The second kappa shape index (κ2) is 9.68. The summed E-state index contributed by atoms with van der Waals surface area (Å²) in [5.74, 6) is 1.03. The predicted octanol–water partition coefficient (Wildman–Crippen LogP) is 0.0657. The number of sulfone groups is 1. The Bertz CT molecular complexity index is 347. The van der Waals surface area contributed by atoms with Gasteiger partial charge < -0.3 is 19.9 Å². The molecule has 0 bridgehead atoms. The van der Waals surface area contributed by atoms with Crippen LogP contribution in [-0.2, 0) is 24.0 Å². The fourth-order valence-electron chi connectivity index (χ4n) is 2.44. The van der Waals surface area contributed by atoms with Gasteiger partial charge in [-0.3, -0.25) is 0 Å². The van der Waals surface area contributed by atoms with Crippen LogP contribution in [0.2, 0.25) is 0 Å². The maximum atomic E-state index is 11.5. The minimum absolute atomic E-state index is 0.201. The van der Waals surface area contributed by atoms with E-state index < -0.39 is 9.84 Å². The van der Waals surface area contributed by atoms with Crippen LogP contribution in [0.15, 0.2) is 0 Å². The fraction of sp³-hybridized carbons (Fsp3) is 1.00. The Kier molecular flexibility index (Phi) is 8.63. The first-order chi connectivity index (χ1) is 9.59. The molecular weight excluding hydrogens is 282 g/mol. The van der Waals surface area contributed by atoms with Crippen molar-refractivity contribution in [3.8, 4) is 0 Å². The van der Waals surface area contributed by atoms with E-state index in [1.165, 1.54) is 0 Å². The molecule has 120 valence electrons. The lowest BCUT2D eigenvalue weighted by atomic mass is 9.89. The van der Waals surface area contributed by atoms with Crippen LogP contribution in [0.4, 0.5) is 0 Å². The Morgan fingerprint density at radius 2 is 1.80 bits per heavy atom. The van der Waals surface area contributed by atoms with Crippen molar-refractivity contribution < 1.29 is 22.6 Å². The number of ether oxygens (including phenoxy) is 3. The van der Waals surface area contributed by atoms with Gasteiger partial charge in [0.05, 0.1) is 37.9 Å². The molecule has 0 spiro atoms. The van der Waals surface area contributed by atoms with Crippen molar-refractivity contribution in [1.29, 1.82) is 0 Å². The van der Waals surface area contributed by atoms with Crippen LogP contribution in [0.5, 0.6) is 0 Å². The molecule has 1 heterocycles. The van der Waals surface area contributed by atoms with E-state index in [-0.39, 0.29) is 17.6 Å². The topological polar surface area (TPSA) is 87.8 Å². The van der Waals surface area contributed by atoms with E-state index in [2.05, 4.69) is 0 Å². The second-order valence-corrected chi connectivity index (χ2v) is 7.39. The van der Waals surface area contributed by atoms with Crippen LogP contribution in [-0.4, -0.2) is 66.6 Å². The van der Waals surface area contributed by atoms with Gasteiger partial charge in [-0.2, -0.15) is 0 Å². The summed E-state index contributed by atoms with van der Waals surface area (Å²) in [7, 11) is -1.19. The van der Waals surface area contributed by atoms with Gasteiger partial charge in [0.1, 0.15) is 0 Å². The van der Waals surface area contributed by atoms with Gasteiger partial charge in [-0.05, 0) is 31.2 Å². The Balaban J connectivity index is 2.07. The lowest BCUT2D eigenvalue weighted by Crippen LogP contribution is -2.26. The third-order valence-corrected chi connectivity index (χ3v) is 5.47. The zero-order valence-electron chi connectivity index (χ0n) is 12.3. The number of methoxy groups -OCH3 is 1. The zero-order chi connectivity index (χ0) is 14.8. The Labute approximate surface area is 121 Å². The molecule has 0 radical (unpaired) electrons. The van der Waals surface area contributed by atoms with E-state index in [1.807, 2.05) is 0 Å². The summed E-state index contributed by atoms with van der Waals surface area (Å²) in [5, 5.41) is 0. The Morgan fingerprint density at radius 3 is 2.35 bits per heavy atom. The van der Waals surface area contributed by atoms with Gasteiger partial charge >= 0.3 is 0 Å². The zero-order valence-corrected chi connectivity index (χ0v) is 13.1. The van der Waals surface area contributed by atoms with Gasteiger partial charge in [0.2, 0.25) is 0 Å². The average Bonchev–Trinajstić information content (AvgIpc) is 2.77. The quantitative estimate of drug-likeness (QED) is 0.543. The van der Waals surface area contributed by atoms with Gasteiger partial charge in [-0.1, -0.05) is 0 Å². The van der Waals surface area contributed by atoms with Crippen molar-refractivity contribution >= 4 is 9.84 Å². The minimum atomic E-state index is -2.83. The third-order valence-electron chi connectivity index (χ3n) is 3.67. The van der Waals surface area contributed by atoms with Crippen molar-refractivity contribution in [2.45, 2.75) is 12.8 Å². The Hall–Kier alpha value is -0.210. The lowest BCUT2D eigenvalue weighted by molar-refractivity contribution is 0.0207. The van der Waals surface area contributed by atoms with Gasteiger partial charge in [0.15, 0.2) is 9.84 Å². The maximum absolute atomic E-state index is 11.5. The van der Waals surface area contributed by atoms with Crippen molar-refractivity contribution in [3.05, 3.63) is 0 Å². The molecule has 6 nitrogen and oxygen atoms in total. The fourth-order valence-corrected chi connectivity index (χ4v) is 4.36. The Morgan fingerprint density at radius 1 is 1.15 bits per heavy atom. The van der Waals surface area contributed by atoms with Gasteiger partial charge in [0, 0.05) is 13.7 Å². The summed E-state index contributed by atoms with van der Waals surface area (Å²) in [6.07, 6.45) is 1.55. The highest BCUT2D eigenvalue weighted by molar-refractivity contribution is 7.91. The van der Waals surface area contributed by atoms with Crippen LogP contribution in [0.1, 0.15) is 12.8 Å². The molecule has 0 aliphatic carbocycles. The summed E-state index contributed by atoms with van der Waals surface area (Å²) in [6, 6.07) is 0. The summed E-state index contributed by atoms with van der Waals surface area (Å²) >= 11 is 0. The molecule has 0 amide bonds. The molecule has 1 aliphatic rings. The molecule has 7 heteroatoms. The van der Waals surface area contributed by atoms with E-state index in [0.717, 1.165) is 12.8 Å². The monoisotopic (exact) mass is 309 g/mol. The van der Waals surface area contributed by atoms with Crippen LogP contribution in [0, 0.1) is 11.8 Å².